The van der Waals surface area contributed by atoms with Crippen LogP contribution in [0.15, 0.2) is 34.9 Å². The molecule has 1 aliphatic heterocycles. The Balaban J connectivity index is 2.11. The van der Waals surface area contributed by atoms with Gasteiger partial charge in [0.25, 0.3) is 0 Å². The average molecular weight is 304 g/mol. The molecular weight excluding hydrogens is 290 g/mol. The molecule has 2 aromatic rings. The number of aromatic nitrogens is 2. The van der Waals surface area contributed by atoms with Gasteiger partial charge in [0, 0.05) is 17.8 Å². The maximum atomic E-state index is 4.55. The molecule has 0 bridgehead atoms. The zero-order valence-corrected chi connectivity index (χ0v) is 12.0. The molecule has 0 radical (unpaired) electrons. The fourth-order valence-electron chi connectivity index (χ4n) is 2.55. The number of anilines is 2. The predicted octanol–water partition coefficient (Wildman–Crippen LogP) is 3.63. The summed E-state index contributed by atoms with van der Waals surface area (Å²) in [5.74, 6) is 1.75. The highest BCUT2D eigenvalue weighted by molar-refractivity contribution is 9.10. The normalized spacial score (nSPS) is 17.9. The monoisotopic (exact) mass is 303 g/mol. The number of rotatable bonds is 1. The molecule has 92 valence electrons. The lowest BCUT2D eigenvalue weighted by Gasteiger charge is -2.24. The van der Waals surface area contributed by atoms with Gasteiger partial charge in [0.05, 0.1) is 0 Å². The molecule has 4 heteroatoms. The maximum Gasteiger partial charge on any atom is 0.138 e. The van der Waals surface area contributed by atoms with Gasteiger partial charge in [-0.15, -0.1) is 0 Å². The van der Waals surface area contributed by atoms with E-state index in [2.05, 4.69) is 62.0 Å². The number of hydrogen-bond acceptors (Lipinski definition) is 3. The van der Waals surface area contributed by atoms with Crippen molar-refractivity contribution < 1.29 is 0 Å². The first kappa shape index (κ1) is 11.7. The van der Waals surface area contributed by atoms with Crippen LogP contribution in [0.2, 0.25) is 0 Å². The summed E-state index contributed by atoms with van der Waals surface area (Å²) >= 11 is 3.44. The zero-order valence-electron chi connectivity index (χ0n) is 10.4. The van der Waals surface area contributed by atoms with E-state index in [9.17, 15) is 0 Å². The number of aryl methyl sites for hydroxylation is 1. The molecule has 1 aromatic carbocycles. The van der Waals surface area contributed by atoms with Crippen molar-refractivity contribution in [2.45, 2.75) is 26.3 Å². The molecule has 0 saturated heterocycles. The quantitative estimate of drug-likeness (QED) is 0.753. The molecule has 1 aliphatic rings. The van der Waals surface area contributed by atoms with Crippen LogP contribution >= 0.6 is 15.9 Å². The Morgan fingerprint density at radius 2 is 2.06 bits per heavy atom. The fourth-order valence-corrected chi connectivity index (χ4v) is 3.02. The average Bonchev–Trinajstić information content (AvgIpc) is 2.63. The lowest BCUT2D eigenvalue weighted by Crippen LogP contribution is -2.25. The van der Waals surface area contributed by atoms with Crippen LogP contribution in [0.5, 0.6) is 0 Å². The smallest absolute Gasteiger partial charge is 0.138 e. The Labute approximate surface area is 115 Å². The minimum absolute atomic E-state index is 0.434. The van der Waals surface area contributed by atoms with E-state index in [4.69, 9.17) is 0 Å². The Bertz CT molecular complexity index is 577. The molecule has 0 amide bonds. The van der Waals surface area contributed by atoms with Gasteiger partial charge in [-0.2, -0.15) is 0 Å². The first-order chi connectivity index (χ1) is 8.65. The third kappa shape index (κ3) is 1.90. The third-order valence-electron chi connectivity index (χ3n) is 3.25. The van der Waals surface area contributed by atoms with Crippen LogP contribution in [0, 0.1) is 6.92 Å². The van der Waals surface area contributed by atoms with Crippen LogP contribution in [-0.4, -0.2) is 16.0 Å². The third-order valence-corrected chi connectivity index (χ3v) is 3.65. The first-order valence-electron chi connectivity index (χ1n) is 6.03. The minimum atomic E-state index is 0.434. The SMILES string of the molecule is Cc1nc(Br)cc(N2c3ccccc3CC2C)n1. The van der Waals surface area contributed by atoms with Gasteiger partial charge in [0.1, 0.15) is 16.2 Å². The van der Waals surface area contributed by atoms with Gasteiger partial charge >= 0.3 is 0 Å². The molecule has 0 N–H and O–H groups in total. The van der Waals surface area contributed by atoms with Gasteiger partial charge in [-0.05, 0) is 47.8 Å². The molecule has 0 saturated carbocycles. The van der Waals surface area contributed by atoms with E-state index in [-0.39, 0.29) is 0 Å². The summed E-state index contributed by atoms with van der Waals surface area (Å²) in [6.07, 6.45) is 1.07. The van der Waals surface area contributed by atoms with E-state index in [0.717, 1.165) is 22.7 Å². The Morgan fingerprint density at radius 1 is 1.28 bits per heavy atom. The Hall–Kier alpha value is -1.42. The fraction of sp³-hybridized carbons (Fsp3) is 0.286. The molecule has 0 spiro atoms. The number of nitrogens with zero attached hydrogens (tertiary/aromatic N) is 3. The van der Waals surface area contributed by atoms with Gasteiger partial charge in [-0.25, -0.2) is 9.97 Å². The van der Waals surface area contributed by atoms with Gasteiger partial charge in [-0.3, -0.25) is 0 Å². The van der Waals surface area contributed by atoms with Crippen molar-refractivity contribution in [3.8, 4) is 0 Å². The lowest BCUT2D eigenvalue weighted by molar-refractivity contribution is 0.746. The molecule has 2 heterocycles. The molecule has 1 atom stereocenters. The van der Waals surface area contributed by atoms with E-state index >= 15 is 0 Å². The predicted molar refractivity (Wildman–Crippen MR) is 76.2 cm³/mol. The van der Waals surface area contributed by atoms with Gasteiger partial charge in [-0.1, -0.05) is 18.2 Å². The van der Waals surface area contributed by atoms with E-state index in [1.807, 2.05) is 13.0 Å². The second-order valence-electron chi connectivity index (χ2n) is 4.65. The summed E-state index contributed by atoms with van der Waals surface area (Å²) in [5.41, 5.74) is 2.65. The molecule has 0 fully saturated rings. The van der Waals surface area contributed by atoms with E-state index in [1.54, 1.807) is 0 Å². The second kappa shape index (κ2) is 4.35. The number of hydrogen-bond donors (Lipinski definition) is 0. The summed E-state index contributed by atoms with van der Waals surface area (Å²) in [4.78, 5) is 11.1. The summed E-state index contributed by atoms with van der Waals surface area (Å²) < 4.78 is 0.835. The summed E-state index contributed by atoms with van der Waals surface area (Å²) in [6, 6.07) is 10.9. The Kier molecular flexibility index (Phi) is 2.82. The van der Waals surface area contributed by atoms with Crippen molar-refractivity contribution in [3.63, 3.8) is 0 Å². The van der Waals surface area contributed by atoms with Crippen molar-refractivity contribution in [1.82, 2.24) is 9.97 Å². The standard InChI is InChI=1S/C14H14BrN3/c1-9-7-11-5-3-4-6-12(11)18(9)14-8-13(15)16-10(2)17-14/h3-6,8-9H,7H2,1-2H3. The van der Waals surface area contributed by atoms with Crippen LogP contribution in [0.4, 0.5) is 11.5 Å². The van der Waals surface area contributed by atoms with Crippen LogP contribution < -0.4 is 4.90 Å². The zero-order chi connectivity index (χ0) is 12.7. The highest BCUT2D eigenvalue weighted by Crippen LogP contribution is 2.37. The van der Waals surface area contributed by atoms with Crippen LogP contribution in [0.25, 0.3) is 0 Å². The highest BCUT2D eigenvalue weighted by Gasteiger charge is 2.27. The van der Waals surface area contributed by atoms with Gasteiger partial charge in [0.15, 0.2) is 0 Å². The summed E-state index contributed by atoms with van der Waals surface area (Å²) in [7, 11) is 0. The van der Waals surface area contributed by atoms with Crippen molar-refractivity contribution >= 4 is 27.4 Å². The molecule has 3 nitrogen and oxygen atoms in total. The van der Waals surface area contributed by atoms with E-state index in [0.29, 0.717) is 6.04 Å². The van der Waals surface area contributed by atoms with Crippen LogP contribution in [-0.2, 0) is 6.42 Å². The first-order valence-corrected chi connectivity index (χ1v) is 6.83. The van der Waals surface area contributed by atoms with Crippen LogP contribution in [0.3, 0.4) is 0 Å². The topological polar surface area (TPSA) is 29.0 Å². The Morgan fingerprint density at radius 3 is 2.83 bits per heavy atom. The number of para-hydroxylation sites is 1. The van der Waals surface area contributed by atoms with Gasteiger partial charge in [0.2, 0.25) is 0 Å². The number of benzene rings is 1. The van der Waals surface area contributed by atoms with Crippen molar-refractivity contribution in [3.05, 3.63) is 46.3 Å². The lowest BCUT2D eigenvalue weighted by atomic mass is 10.1. The molecule has 1 unspecified atom stereocenters. The van der Waals surface area contributed by atoms with Crippen molar-refractivity contribution in [2.24, 2.45) is 0 Å². The molecule has 3 rings (SSSR count). The van der Waals surface area contributed by atoms with Crippen molar-refractivity contribution in [1.29, 1.82) is 0 Å². The minimum Gasteiger partial charge on any atom is -0.323 e. The summed E-state index contributed by atoms with van der Waals surface area (Å²) in [6.45, 7) is 4.15. The van der Waals surface area contributed by atoms with Crippen LogP contribution in [0.1, 0.15) is 18.3 Å². The number of fused-ring (bicyclic) bond motifs is 1. The molecule has 18 heavy (non-hydrogen) atoms. The number of halogens is 1. The molecule has 0 aliphatic carbocycles. The molecule has 1 aromatic heterocycles. The van der Waals surface area contributed by atoms with Gasteiger partial charge < -0.3 is 4.90 Å². The van der Waals surface area contributed by atoms with E-state index in [1.165, 1.54) is 11.3 Å². The van der Waals surface area contributed by atoms with E-state index < -0.39 is 0 Å². The highest BCUT2D eigenvalue weighted by atomic mass is 79.9. The maximum absolute atomic E-state index is 4.55. The van der Waals surface area contributed by atoms with Crippen molar-refractivity contribution in [2.75, 3.05) is 4.90 Å². The largest absolute Gasteiger partial charge is 0.323 e. The molecular formula is C14H14BrN3. The second-order valence-corrected chi connectivity index (χ2v) is 5.46. The summed E-state index contributed by atoms with van der Waals surface area (Å²) in [5, 5.41) is 0.